The summed E-state index contributed by atoms with van der Waals surface area (Å²) in [6.45, 7) is 0.249. The summed E-state index contributed by atoms with van der Waals surface area (Å²) in [4.78, 5) is 54.0. The van der Waals surface area contributed by atoms with Gasteiger partial charge in [-0.1, -0.05) is 36.4 Å². The Morgan fingerprint density at radius 1 is 1.11 bits per heavy atom. The van der Waals surface area contributed by atoms with Gasteiger partial charge in [0.25, 0.3) is 5.91 Å². The molecule has 0 bridgehead atoms. The van der Waals surface area contributed by atoms with E-state index in [1.165, 1.54) is 7.05 Å². The number of amides is 5. The number of imide groups is 1. The Labute approximate surface area is 203 Å². The van der Waals surface area contributed by atoms with Gasteiger partial charge in [-0.2, -0.15) is 0 Å². The topological polar surface area (TPSA) is 108 Å². The van der Waals surface area contributed by atoms with Gasteiger partial charge in [0.15, 0.2) is 0 Å². The molecule has 3 aliphatic rings. The van der Waals surface area contributed by atoms with Crippen LogP contribution in [-0.4, -0.2) is 53.9 Å². The van der Waals surface area contributed by atoms with E-state index in [4.69, 9.17) is 4.74 Å². The molecule has 2 aromatic carbocycles. The largest absolute Gasteiger partial charge is 0.427 e. The molecule has 0 saturated carbocycles. The fourth-order valence-corrected chi connectivity index (χ4v) is 5.40. The van der Waals surface area contributed by atoms with Crippen LogP contribution in [0.5, 0.6) is 0 Å². The van der Waals surface area contributed by atoms with E-state index >= 15 is 0 Å². The van der Waals surface area contributed by atoms with E-state index in [1.54, 1.807) is 23.1 Å². The highest BCUT2D eigenvalue weighted by atomic mass is 16.6. The molecule has 2 fully saturated rings. The van der Waals surface area contributed by atoms with Crippen LogP contribution < -0.4 is 10.6 Å². The Hall–Kier alpha value is -3.88. The average Bonchev–Trinajstić information content (AvgIpc) is 3.36. The Morgan fingerprint density at radius 3 is 2.69 bits per heavy atom. The van der Waals surface area contributed by atoms with Crippen LogP contribution >= 0.6 is 0 Å². The first-order valence-electron chi connectivity index (χ1n) is 11.9. The molecule has 2 saturated heterocycles. The van der Waals surface area contributed by atoms with Gasteiger partial charge in [-0.25, -0.2) is 14.5 Å². The highest BCUT2D eigenvalue weighted by Crippen LogP contribution is 2.46. The molecule has 0 radical (unpaired) electrons. The number of aryl methyl sites for hydroxylation is 1. The first-order chi connectivity index (χ1) is 16.9. The van der Waals surface area contributed by atoms with E-state index in [0.29, 0.717) is 30.6 Å². The summed E-state index contributed by atoms with van der Waals surface area (Å²) in [7, 11) is 1.52. The number of nitrogens with one attached hydrogen (secondary N) is 2. The van der Waals surface area contributed by atoms with Crippen molar-refractivity contribution < 1.29 is 23.9 Å². The Balaban J connectivity index is 1.34. The smallest absolute Gasteiger partial charge is 0.418 e. The van der Waals surface area contributed by atoms with Crippen molar-refractivity contribution in [1.29, 1.82) is 0 Å². The molecule has 2 heterocycles. The Bertz CT molecular complexity index is 1180. The van der Waals surface area contributed by atoms with Gasteiger partial charge in [0.05, 0.1) is 6.04 Å². The number of urea groups is 1. The van der Waals surface area contributed by atoms with Gasteiger partial charge >= 0.3 is 12.1 Å². The second-order valence-electron chi connectivity index (χ2n) is 9.17. The van der Waals surface area contributed by atoms with Crippen LogP contribution in [0, 0.1) is 0 Å². The third kappa shape index (κ3) is 4.00. The lowest BCUT2D eigenvalue weighted by Crippen LogP contribution is -2.47. The molecule has 5 amide bonds. The summed E-state index contributed by atoms with van der Waals surface area (Å²) < 4.78 is 5.67. The summed E-state index contributed by atoms with van der Waals surface area (Å²) in [5, 5.41) is 5.20. The fourth-order valence-electron chi connectivity index (χ4n) is 5.40. The van der Waals surface area contributed by atoms with Gasteiger partial charge in [-0.15, -0.1) is 0 Å². The molecule has 1 spiro atoms. The van der Waals surface area contributed by atoms with Crippen LogP contribution in [0.1, 0.15) is 48.4 Å². The lowest BCUT2D eigenvalue weighted by molar-refractivity contribution is -0.143. The molecule has 0 aromatic heterocycles. The number of piperidine rings is 1. The monoisotopic (exact) mass is 476 g/mol. The zero-order chi connectivity index (χ0) is 24.6. The quantitative estimate of drug-likeness (QED) is 0.704. The van der Waals surface area contributed by atoms with Gasteiger partial charge < -0.3 is 20.3 Å². The van der Waals surface area contributed by atoms with Crippen LogP contribution in [0.4, 0.5) is 15.3 Å². The minimum absolute atomic E-state index is 0.0708. The highest BCUT2D eigenvalue weighted by Gasteiger charge is 2.58. The summed E-state index contributed by atoms with van der Waals surface area (Å²) in [6.07, 6.45) is 2.77. The second kappa shape index (κ2) is 9.05. The predicted molar refractivity (Wildman–Crippen MR) is 127 cm³/mol. The molecule has 2 aliphatic heterocycles. The number of fused-ring (bicyclic) bond motifs is 2. The van der Waals surface area contributed by atoms with Crippen molar-refractivity contribution in [2.24, 2.45) is 0 Å². The van der Waals surface area contributed by atoms with Crippen LogP contribution in [0.15, 0.2) is 48.5 Å². The molecule has 1 aliphatic carbocycles. The van der Waals surface area contributed by atoms with Crippen LogP contribution in [0.3, 0.4) is 0 Å². The first kappa shape index (κ1) is 22.9. The van der Waals surface area contributed by atoms with Crippen molar-refractivity contribution in [3.05, 3.63) is 65.2 Å². The zero-order valence-corrected chi connectivity index (χ0v) is 19.6. The first-order valence-corrected chi connectivity index (χ1v) is 11.9. The molecule has 35 heavy (non-hydrogen) atoms. The van der Waals surface area contributed by atoms with Crippen molar-refractivity contribution in [3.63, 3.8) is 0 Å². The van der Waals surface area contributed by atoms with E-state index in [-0.39, 0.29) is 24.5 Å². The number of carbonyl (C=O) groups is 4. The number of nitrogens with zero attached hydrogens (tertiary/aromatic N) is 2. The molecule has 0 unspecified atom stereocenters. The molecule has 2 aromatic rings. The summed E-state index contributed by atoms with van der Waals surface area (Å²) in [5.41, 5.74) is 1.65. The van der Waals surface area contributed by atoms with E-state index in [9.17, 15) is 19.2 Å². The van der Waals surface area contributed by atoms with Crippen molar-refractivity contribution in [1.82, 2.24) is 15.1 Å². The number of carbonyl (C=O) groups excluding carboxylic acids is 4. The molecule has 2 N–H and O–H groups in total. The molecular weight excluding hydrogens is 448 g/mol. The third-order valence-electron chi connectivity index (χ3n) is 7.15. The second-order valence-corrected chi connectivity index (χ2v) is 9.17. The van der Waals surface area contributed by atoms with E-state index in [1.807, 2.05) is 30.3 Å². The van der Waals surface area contributed by atoms with Crippen molar-refractivity contribution in [2.75, 3.05) is 25.5 Å². The van der Waals surface area contributed by atoms with Crippen LogP contribution in [0.2, 0.25) is 0 Å². The molecule has 5 rings (SSSR count). The maximum atomic E-state index is 13.5. The van der Waals surface area contributed by atoms with E-state index in [0.717, 1.165) is 35.3 Å². The van der Waals surface area contributed by atoms with Crippen LogP contribution in [-0.2, 0) is 26.3 Å². The Morgan fingerprint density at radius 2 is 1.91 bits per heavy atom. The van der Waals surface area contributed by atoms with Crippen molar-refractivity contribution >= 4 is 29.6 Å². The van der Waals surface area contributed by atoms with Crippen molar-refractivity contribution in [3.8, 4) is 0 Å². The Kier molecular flexibility index (Phi) is 5.92. The van der Waals surface area contributed by atoms with E-state index < -0.39 is 17.6 Å². The predicted octanol–water partition coefficient (Wildman–Crippen LogP) is 3.31. The lowest BCUT2D eigenvalue weighted by atomic mass is 9.94. The van der Waals surface area contributed by atoms with Crippen LogP contribution in [0.25, 0.3) is 0 Å². The van der Waals surface area contributed by atoms with Gasteiger partial charge in [-0.05, 0) is 48.9 Å². The third-order valence-corrected chi connectivity index (χ3v) is 7.15. The number of rotatable bonds is 4. The number of benzene rings is 2. The fraction of sp³-hybridized carbons (Fsp3) is 0.385. The maximum absolute atomic E-state index is 13.5. The number of ether oxygens (including phenoxy) is 1. The highest BCUT2D eigenvalue weighted by molar-refractivity contribution is 6.06. The zero-order valence-electron chi connectivity index (χ0n) is 19.6. The standard InChI is InChI=1S/C26H28N4O5/c1-27-24(33)28-19-10-11-20-18(15-19)12-13-26(20)23(32)30(25(34)35-26)16-22(31)29-14-6-5-9-21(29)17-7-3-2-4-8-17/h2-4,7-8,10-11,15,21H,5-6,9,12-14,16H2,1H3,(H2,27,28,33)/t21-,26+/m1/s1. The molecular formula is C26H28N4O5. The minimum atomic E-state index is -1.42. The summed E-state index contributed by atoms with van der Waals surface area (Å²) >= 11 is 0. The SMILES string of the molecule is CNC(=O)Nc1ccc2c(c1)CC[C@]21OC(=O)N(CC(=O)N2CCCC[C@@H]2c2ccccc2)C1=O. The molecule has 182 valence electrons. The normalized spacial score (nSPS) is 23.3. The number of anilines is 1. The average molecular weight is 477 g/mol. The minimum Gasteiger partial charge on any atom is -0.427 e. The van der Waals surface area contributed by atoms with Crippen molar-refractivity contribution in [2.45, 2.75) is 43.7 Å². The number of hydrogen-bond acceptors (Lipinski definition) is 5. The van der Waals surface area contributed by atoms with Gasteiger partial charge in [-0.3, -0.25) is 9.59 Å². The maximum Gasteiger partial charge on any atom is 0.418 e. The van der Waals surface area contributed by atoms with Gasteiger partial charge in [0.1, 0.15) is 6.54 Å². The molecule has 9 heteroatoms. The summed E-state index contributed by atoms with van der Waals surface area (Å²) in [5.74, 6) is -0.765. The van der Waals surface area contributed by atoms with Gasteiger partial charge in [0, 0.05) is 31.3 Å². The molecule has 9 nitrogen and oxygen atoms in total. The lowest BCUT2D eigenvalue weighted by Gasteiger charge is -2.36. The van der Waals surface area contributed by atoms with Gasteiger partial charge in [0.2, 0.25) is 11.5 Å². The van der Waals surface area contributed by atoms with E-state index in [2.05, 4.69) is 10.6 Å². The number of likely N-dealkylation sites (tertiary alicyclic amines) is 1. The molecule has 2 atom stereocenters. The summed E-state index contributed by atoms with van der Waals surface area (Å²) in [6, 6.07) is 14.6. The number of hydrogen-bond donors (Lipinski definition) is 2.